The van der Waals surface area contributed by atoms with Crippen LogP contribution in [0.2, 0.25) is 0 Å². The maximum absolute atomic E-state index is 12.6. The van der Waals surface area contributed by atoms with Crippen LogP contribution < -0.4 is 16.0 Å². The first kappa shape index (κ1) is 24.1. The lowest BCUT2D eigenvalue weighted by molar-refractivity contribution is 0.102. The van der Waals surface area contributed by atoms with E-state index in [1.54, 1.807) is 48.5 Å². The van der Waals surface area contributed by atoms with Gasteiger partial charge in [-0.05, 0) is 96.3 Å². The van der Waals surface area contributed by atoms with Crippen molar-refractivity contribution in [2.75, 3.05) is 16.0 Å². The molecule has 0 fully saturated rings. The third-order valence-electron chi connectivity index (χ3n) is 4.69. The third-order valence-corrected chi connectivity index (χ3v) is 6.28. The van der Waals surface area contributed by atoms with Crippen LogP contribution in [0.3, 0.4) is 0 Å². The summed E-state index contributed by atoms with van der Waals surface area (Å²) in [6, 6.07) is 32.3. The molecule has 0 aromatic heterocycles. The van der Waals surface area contributed by atoms with Crippen LogP contribution in [-0.4, -0.2) is 16.4 Å². The minimum atomic E-state index is -0.280. The number of rotatable bonds is 6. The van der Waals surface area contributed by atoms with Gasteiger partial charge in [0.2, 0.25) is 0 Å². The summed E-state index contributed by atoms with van der Waals surface area (Å²) < 4.78 is 0. The molecule has 0 heterocycles. The van der Waals surface area contributed by atoms with E-state index >= 15 is 0 Å². The minimum absolute atomic E-state index is 0.192. The molecule has 0 aliphatic rings. The lowest BCUT2D eigenvalue weighted by Gasteiger charge is -2.09. The van der Waals surface area contributed by atoms with Gasteiger partial charge in [0.1, 0.15) is 0 Å². The molecule has 4 aromatic carbocycles. The molecule has 4 aromatic rings. The van der Waals surface area contributed by atoms with Crippen molar-refractivity contribution in [3.63, 3.8) is 0 Å². The van der Waals surface area contributed by atoms with Crippen LogP contribution in [0.4, 0.5) is 26.7 Å². The van der Waals surface area contributed by atoms with E-state index < -0.39 is 0 Å². The second-order valence-corrected chi connectivity index (χ2v) is 9.36. The van der Waals surface area contributed by atoms with Crippen LogP contribution in [0.25, 0.3) is 0 Å². The Morgan fingerprint density at radius 2 is 0.829 bits per heavy atom. The molecule has 6 nitrogen and oxygen atoms in total. The molecule has 0 bridgehead atoms. The van der Waals surface area contributed by atoms with Crippen LogP contribution in [0.1, 0.15) is 10.4 Å². The number of carbonyl (C=O) groups is 3. The Morgan fingerprint density at radius 3 is 1.26 bits per heavy atom. The maximum atomic E-state index is 12.6. The van der Waals surface area contributed by atoms with E-state index in [4.69, 9.17) is 0 Å². The van der Waals surface area contributed by atoms with Gasteiger partial charge in [-0.1, -0.05) is 36.4 Å². The first-order valence-electron chi connectivity index (χ1n) is 10.6. The molecule has 3 amide bonds. The molecule has 0 saturated heterocycles. The second kappa shape index (κ2) is 11.9. The van der Waals surface area contributed by atoms with Crippen LogP contribution in [0.15, 0.2) is 119 Å². The van der Waals surface area contributed by atoms with Gasteiger partial charge in [-0.3, -0.25) is 14.4 Å². The zero-order chi connectivity index (χ0) is 24.5. The normalized spacial score (nSPS) is 10.3. The molecule has 8 heteroatoms. The second-order valence-electron chi connectivity index (χ2n) is 7.26. The van der Waals surface area contributed by atoms with E-state index in [-0.39, 0.29) is 16.4 Å². The zero-order valence-corrected chi connectivity index (χ0v) is 20.1. The summed E-state index contributed by atoms with van der Waals surface area (Å²) in [7, 11) is 0. The largest absolute Gasteiger partial charge is 0.322 e. The van der Waals surface area contributed by atoms with Crippen molar-refractivity contribution in [1.29, 1.82) is 0 Å². The first-order chi connectivity index (χ1) is 17.0. The number of hydrogen-bond acceptors (Lipinski definition) is 5. The molecule has 174 valence electrons. The first-order valence-corrected chi connectivity index (χ1v) is 12.3. The van der Waals surface area contributed by atoms with Crippen LogP contribution in [-0.2, 0) is 0 Å². The van der Waals surface area contributed by atoms with Crippen molar-refractivity contribution in [2.45, 2.75) is 9.79 Å². The Bertz CT molecular complexity index is 1300. The molecule has 0 atom stereocenters. The van der Waals surface area contributed by atoms with Crippen molar-refractivity contribution >= 4 is 57.0 Å². The Hall–Kier alpha value is -4.01. The summed E-state index contributed by atoms with van der Waals surface area (Å²) in [6.45, 7) is 0. The SMILES string of the molecule is O=C(Nc1ccc(NC(=O)c2ccc(NC(=O)Sc3ccccc3)cc2)cc1)Sc1ccccc1. The fourth-order valence-corrected chi connectivity index (χ4v) is 4.38. The fraction of sp³-hybridized carbons (Fsp3) is 0. The highest BCUT2D eigenvalue weighted by molar-refractivity contribution is 8.14. The number of carbonyl (C=O) groups excluding carboxylic acids is 3. The fourth-order valence-electron chi connectivity index (χ4n) is 3.02. The summed E-state index contributed by atoms with van der Waals surface area (Å²) >= 11 is 2.21. The lowest BCUT2D eigenvalue weighted by atomic mass is 10.2. The number of amides is 3. The van der Waals surface area contributed by atoms with Gasteiger partial charge in [0.05, 0.1) is 0 Å². The maximum Gasteiger partial charge on any atom is 0.288 e. The molecule has 35 heavy (non-hydrogen) atoms. The monoisotopic (exact) mass is 499 g/mol. The van der Waals surface area contributed by atoms with Gasteiger partial charge in [-0.15, -0.1) is 0 Å². The van der Waals surface area contributed by atoms with Crippen molar-refractivity contribution in [3.8, 4) is 0 Å². The molecule has 3 N–H and O–H groups in total. The van der Waals surface area contributed by atoms with Crippen molar-refractivity contribution in [3.05, 3.63) is 115 Å². The molecule has 4 rings (SSSR count). The number of benzene rings is 4. The van der Waals surface area contributed by atoms with Gasteiger partial charge < -0.3 is 16.0 Å². The van der Waals surface area contributed by atoms with Gasteiger partial charge >= 0.3 is 0 Å². The topological polar surface area (TPSA) is 87.3 Å². The summed E-state index contributed by atoms with van der Waals surface area (Å²) in [5, 5.41) is 8.04. The zero-order valence-electron chi connectivity index (χ0n) is 18.4. The predicted octanol–water partition coefficient (Wildman–Crippen LogP) is 7.59. The Kier molecular flexibility index (Phi) is 8.21. The molecule has 0 saturated carbocycles. The van der Waals surface area contributed by atoms with Gasteiger partial charge in [0.25, 0.3) is 16.4 Å². The molecule has 0 aliphatic carbocycles. The minimum Gasteiger partial charge on any atom is -0.322 e. The van der Waals surface area contributed by atoms with Crippen LogP contribution in [0, 0.1) is 0 Å². The van der Waals surface area contributed by atoms with Gasteiger partial charge in [-0.25, -0.2) is 0 Å². The highest BCUT2D eigenvalue weighted by Gasteiger charge is 2.09. The van der Waals surface area contributed by atoms with Crippen molar-refractivity contribution in [2.24, 2.45) is 0 Å². The Balaban J connectivity index is 1.27. The van der Waals surface area contributed by atoms with Crippen LogP contribution >= 0.6 is 23.5 Å². The number of anilines is 3. The number of thioether (sulfide) groups is 2. The van der Waals surface area contributed by atoms with E-state index in [9.17, 15) is 14.4 Å². The summed E-state index contributed by atoms with van der Waals surface area (Å²) in [5.74, 6) is -0.280. The lowest BCUT2D eigenvalue weighted by Crippen LogP contribution is -2.12. The molecular formula is C27H21N3O3S2. The van der Waals surface area contributed by atoms with Gasteiger partial charge in [-0.2, -0.15) is 0 Å². The highest BCUT2D eigenvalue weighted by atomic mass is 32.2. The highest BCUT2D eigenvalue weighted by Crippen LogP contribution is 2.23. The standard InChI is InChI=1S/C27H21N3O3S2/c31-25(19-11-13-21(14-12-19)29-26(32)34-23-7-3-1-4-8-23)28-20-15-17-22(18-16-20)30-27(33)35-24-9-5-2-6-10-24/h1-18H,(H,28,31)(H,29,32)(H,30,33). The number of hydrogen-bond donors (Lipinski definition) is 3. The smallest absolute Gasteiger partial charge is 0.288 e. The van der Waals surface area contributed by atoms with E-state index in [2.05, 4.69) is 16.0 Å². The average molecular weight is 500 g/mol. The van der Waals surface area contributed by atoms with Gasteiger partial charge in [0.15, 0.2) is 0 Å². The van der Waals surface area contributed by atoms with E-state index in [0.717, 1.165) is 33.3 Å². The van der Waals surface area contributed by atoms with E-state index in [0.29, 0.717) is 22.6 Å². The summed E-state index contributed by atoms with van der Waals surface area (Å²) in [4.78, 5) is 38.6. The molecule has 0 unspecified atom stereocenters. The van der Waals surface area contributed by atoms with E-state index in [1.165, 1.54) is 0 Å². The van der Waals surface area contributed by atoms with Crippen molar-refractivity contribution in [1.82, 2.24) is 0 Å². The molecular weight excluding hydrogens is 478 g/mol. The quantitative estimate of drug-likeness (QED) is 0.238. The predicted molar refractivity (Wildman–Crippen MR) is 143 cm³/mol. The van der Waals surface area contributed by atoms with Crippen LogP contribution in [0.5, 0.6) is 0 Å². The van der Waals surface area contributed by atoms with Crippen molar-refractivity contribution < 1.29 is 14.4 Å². The van der Waals surface area contributed by atoms with E-state index in [1.807, 2.05) is 60.7 Å². The average Bonchev–Trinajstić information content (AvgIpc) is 2.87. The third kappa shape index (κ3) is 7.49. The van der Waals surface area contributed by atoms with Gasteiger partial charge in [0, 0.05) is 32.4 Å². The summed E-state index contributed by atoms with van der Waals surface area (Å²) in [5.41, 5.74) is 2.28. The summed E-state index contributed by atoms with van der Waals surface area (Å²) in [6.07, 6.45) is 0. The molecule has 0 radical (unpaired) electrons. The molecule has 0 aliphatic heterocycles. The Morgan fingerprint density at radius 1 is 0.457 bits per heavy atom. The molecule has 0 spiro atoms. The number of nitrogens with one attached hydrogen (secondary N) is 3. The Labute approximate surface area is 211 Å².